The Morgan fingerprint density at radius 1 is 0.930 bits per heavy atom. The molecular weight excluding hydrogens is 558 g/mol. The van der Waals surface area contributed by atoms with Gasteiger partial charge in [0.1, 0.15) is 6.10 Å². The number of carbonyl (C=O) groups is 2. The summed E-state index contributed by atoms with van der Waals surface area (Å²) in [5.74, 6) is -5.37. The van der Waals surface area contributed by atoms with Crippen LogP contribution in [0.2, 0.25) is 0 Å². The van der Waals surface area contributed by atoms with Crippen molar-refractivity contribution in [3.8, 4) is 23.0 Å². The molecule has 0 spiro atoms. The zero-order valence-corrected chi connectivity index (χ0v) is 24.6. The van der Waals surface area contributed by atoms with Gasteiger partial charge in [-0.05, 0) is 25.0 Å². The summed E-state index contributed by atoms with van der Waals surface area (Å²) in [4.78, 5) is 33.5. The van der Waals surface area contributed by atoms with Gasteiger partial charge >= 0.3 is 17.9 Å². The maximum atomic E-state index is 14.9. The molecule has 0 aliphatic carbocycles. The quantitative estimate of drug-likeness (QED) is 0.0962. The van der Waals surface area contributed by atoms with Gasteiger partial charge in [-0.15, -0.1) is 0 Å². The molecule has 1 aliphatic rings. The van der Waals surface area contributed by atoms with Crippen LogP contribution in [0.1, 0.15) is 94.0 Å². The third-order valence-electron chi connectivity index (χ3n) is 7.51. The van der Waals surface area contributed by atoms with E-state index in [1.165, 1.54) is 37.9 Å². The van der Waals surface area contributed by atoms with Gasteiger partial charge in [0, 0.05) is 17.3 Å². The highest BCUT2D eigenvalue weighted by Gasteiger charge is 2.65. The molecule has 1 saturated heterocycles. The summed E-state index contributed by atoms with van der Waals surface area (Å²) in [7, 11) is 0. The molecule has 0 amide bonds. The van der Waals surface area contributed by atoms with Gasteiger partial charge in [0.15, 0.2) is 11.6 Å². The van der Waals surface area contributed by atoms with Crippen molar-refractivity contribution >= 4 is 11.9 Å². The Balaban J connectivity index is 1.45. The summed E-state index contributed by atoms with van der Waals surface area (Å²) in [6.07, 6.45) is 10.6. The Bertz CT molecular complexity index is 1400. The number of ether oxygens (including phenoxy) is 3. The fraction of sp³-hybridized carbons (Fsp3) is 0.455. The molecule has 0 radical (unpaired) electrons. The minimum atomic E-state index is -1.64. The molecule has 2 heterocycles. The van der Waals surface area contributed by atoms with Crippen molar-refractivity contribution in [2.45, 2.75) is 89.8 Å². The summed E-state index contributed by atoms with van der Waals surface area (Å²) in [6.45, 7) is 4.33. The topological polar surface area (TPSA) is 111 Å². The molecule has 10 heteroatoms. The van der Waals surface area contributed by atoms with Gasteiger partial charge in [-0.3, -0.25) is 0 Å². The first kappa shape index (κ1) is 32.0. The molecule has 2 aromatic carbocycles. The Labute approximate surface area is 250 Å². The van der Waals surface area contributed by atoms with E-state index in [0.29, 0.717) is 24.8 Å². The second kappa shape index (κ2) is 15.0. The zero-order valence-electron chi connectivity index (χ0n) is 24.6. The number of benzene rings is 2. The SMILES string of the molecule is CCCCCCCCCCOc1ccc(C(=O)Oc2ncc([C@@]3(C(=O)O)O[C@@H]3CCC)c(-c3ccccc3)n2)c(F)c1F. The predicted molar refractivity (Wildman–Crippen MR) is 156 cm³/mol. The molecule has 1 aliphatic heterocycles. The Hall–Kier alpha value is -3.92. The fourth-order valence-corrected chi connectivity index (χ4v) is 5.11. The molecule has 1 N–H and O–H groups in total. The summed E-state index contributed by atoms with van der Waals surface area (Å²) in [5, 5.41) is 10.0. The number of aliphatic carboxylic acids is 1. The van der Waals surface area contributed by atoms with Gasteiger partial charge < -0.3 is 19.3 Å². The molecule has 3 aromatic rings. The first-order chi connectivity index (χ1) is 20.8. The van der Waals surface area contributed by atoms with Gasteiger partial charge in [0.2, 0.25) is 11.4 Å². The standard InChI is InChI=1S/C33H38F2N2O6/c1-3-5-6-7-8-9-10-14-20-41-25-19-18-23(27(34)28(25)35)30(38)42-32-36-21-24(29(37-32)22-16-12-11-13-17-22)33(31(39)40)26(43-33)15-4-2/h11-13,16-19,21,26H,3-10,14-15,20H2,1-2H3,(H,39,40)/t26-,33-/m1/s1. The van der Waals surface area contributed by atoms with Gasteiger partial charge in [-0.25, -0.2) is 19.0 Å². The molecule has 0 saturated carbocycles. The van der Waals surface area contributed by atoms with Gasteiger partial charge in [0.25, 0.3) is 0 Å². The van der Waals surface area contributed by atoms with E-state index < -0.39 is 46.9 Å². The molecule has 0 bridgehead atoms. The fourth-order valence-electron chi connectivity index (χ4n) is 5.11. The van der Waals surface area contributed by atoms with Crippen LogP contribution in [-0.4, -0.2) is 39.7 Å². The zero-order chi connectivity index (χ0) is 30.8. The van der Waals surface area contributed by atoms with Crippen molar-refractivity contribution in [3.63, 3.8) is 0 Å². The van der Waals surface area contributed by atoms with E-state index in [4.69, 9.17) is 14.2 Å². The number of rotatable bonds is 17. The maximum absolute atomic E-state index is 14.9. The van der Waals surface area contributed by atoms with Crippen molar-refractivity contribution in [1.82, 2.24) is 9.97 Å². The molecular formula is C33H38F2N2O6. The molecule has 0 unspecified atom stereocenters. The number of unbranched alkanes of at least 4 members (excludes halogenated alkanes) is 7. The lowest BCUT2D eigenvalue weighted by Crippen LogP contribution is -2.26. The maximum Gasteiger partial charge on any atom is 0.349 e. The van der Waals surface area contributed by atoms with Crippen molar-refractivity contribution < 1.29 is 37.7 Å². The van der Waals surface area contributed by atoms with E-state index >= 15 is 0 Å². The van der Waals surface area contributed by atoms with Crippen molar-refractivity contribution in [2.24, 2.45) is 0 Å². The van der Waals surface area contributed by atoms with Crippen molar-refractivity contribution in [2.75, 3.05) is 6.61 Å². The molecule has 2 atom stereocenters. The van der Waals surface area contributed by atoms with E-state index in [-0.39, 0.29) is 23.6 Å². The molecule has 1 aromatic heterocycles. The second-order valence-corrected chi connectivity index (χ2v) is 10.7. The van der Waals surface area contributed by atoms with Crippen LogP contribution in [0.3, 0.4) is 0 Å². The van der Waals surface area contributed by atoms with E-state index in [1.807, 2.05) is 6.92 Å². The Kier molecular flexibility index (Phi) is 11.2. The van der Waals surface area contributed by atoms with Crippen LogP contribution in [0.25, 0.3) is 11.3 Å². The first-order valence-corrected chi connectivity index (χ1v) is 15.0. The molecule has 1 fully saturated rings. The van der Waals surface area contributed by atoms with E-state index in [0.717, 1.165) is 25.3 Å². The van der Waals surface area contributed by atoms with E-state index in [2.05, 4.69) is 16.9 Å². The van der Waals surface area contributed by atoms with Crippen LogP contribution < -0.4 is 9.47 Å². The van der Waals surface area contributed by atoms with Crippen LogP contribution >= 0.6 is 0 Å². The third-order valence-corrected chi connectivity index (χ3v) is 7.51. The number of nitrogens with zero attached hydrogens (tertiary/aromatic N) is 2. The number of aromatic nitrogens is 2. The van der Waals surface area contributed by atoms with Crippen LogP contribution in [0, 0.1) is 11.6 Å². The number of carboxylic acids is 1. The smallest absolute Gasteiger partial charge is 0.349 e. The highest BCUT2D eigenvalue weighted by molar-refractivity contribution is 5.91. The van der Waals surface area contributed by atoms with Crippen molar-refractivity contribution in [1.29, 1.82) is 0 Å². The van der Waals surface area contributed by atoms with Crippen LogP contribution in [0.15, 0.2) is 48.7 Å². The number of halogens is 2. The minimum absolute atomic E-state index is 0.191. The van der Waals surface area contributed by atoms with Crippen LogP contribution in [0.4, 0.5) is 8.78 Å². The minimum Gasteiger partial charge on any atom is -0.490 e. The lowest BCUT2D eigenvalue weighted by atomic mass is 9.91. The Morgan fingerprint density at radius 3 is 2.30 bits per heavy atom. The van der Waals surface area contributed by atoms with Gasteiger partial charge in [0.05, 0.1) is 17.9 Å². The number of esters is 1. The van der Waals surface area contributed by atoms with Gasteiger partial charge in [-0.2, -0.15) is 9.37 Å². The predicted octanol–water partition coefficient (Wildman–Crippen LogP) is 7.64. The molecule has 8 nitrogen and oxygen atoms in total. The average Bonchev–Trinajstić information content (AvgIpc) is 3.74. The highest BCUT2D eigenvalue weighted by Crippen LogP contribution is 2.51. The van der Waals surface area contributed by atoms with Crippen molar-refractivity contribution in [3.05, 3.63) is 71.4 Å². The summed E-state index contributed by atoms with van der Waals surface area (Å²) in [6, 6.07) is 10.5. The number of hydrogen-bond acceptors (Lipinski definition) is 7. The summed E-state index contributed by atoms with van der Waals surface area (Å²) < 4.78 is 46.0. The second-order valence-electron chi connectivity index (χ2n) is 10.7. The third kappa shape index (κ3) is 7.54. The summed E-state index contributed by atoms with van der Waals surface area (Å²) >= 11 is 0. The lowest BCUT2D eigenvalue weighted by Gasteiger charge is -2.14. The molecule has 43 heavy (non-hydrogen) atoms. The largest absolute Gasteiger partial charge is 0.490 e. The number of carbonyl (C=O) groups excluding carboxylic acids is 1. The summed E-state index contributed by atoms with van der Waals surface area (Å²) in [5.41, 5.74) is -1.35. The normalized spacial score (nSPS) is 17.4. The lowest BCUT2D eigenvalue weighted by molar-refractivity contribution is -0.143. The number of epoxide rings is 1. The Morgan fingerprint density at radius 2 is 1.63 bits per heavy atom. The van der Waals surface area contributed by atoms with Crippen LogP contribution in [0.5, 0.6) is 11.8 Å². The molecule has 230 valence electrons. The molecule has 4 rings (SSSR count). The first-order valence-electron chi connectivity index (χ1n) is 15.0. The average molecular weight is 597 g/mol. The number of hydrogen-bond donors (Lipinski definition) is 1. The number of carboxylic acid groups (broad SMARTS) is 1. The van der Waals surface area contributed by atoms with E-state index in [9.17, 15) is 23.5 Å². The highest BCUT2D eigenvalue weighted by atomic mass is 19.2. The van der Waals surface area contributed by atoms with Gasteiger partial charge in [-0.1, -0.05) is 95.5 Å². The monoisotopic (exact) mass is 596 g/mol. The van der Waals surface area contributed by atoms with Crippen LogP contribution in [-0.2, 0) is 15.1 Å². The van der Waals surface area contributed by atoms with E-state index in [1.54, 1.807) is 30.3 Å².